The van der Waals surface area contributed by atoms with Gasteiger partial charge >= 0.3 is 0 Å². The molecule has 104 valence electrons. The van der Waals surface area contributed by atoms with Gasteiger partial charge in [0.15, 0.2) is 0 Å². The monoisotopic (exact) mass is 352 g/mol. The minimum Gasteiger partial charge on any atom is -0.336 e. The predicted molar refractivity (Wildman–Crippen MR) is 83.9 cm³/mol. The maximum atomic E-state index is 12.3. The first-order chi connectivity index (χ1) is 9.47. The molecule has 1 aromatic heterocycles. The Morgan fingerprint density at radius 2 is 2.10 bits per heavy atom. The van der Waals surface area contributed by atoms with Gasteiger partial charge in [-0.2, -0.15) is 0 Å². The smallest absolute Gasteiger partial charge is 0.253 e. The maximum Gasteiger partial charge on any atom is 0.253 e. The molecule has 0 saturated carbocycles. The van der Waals surface area contributed by atoms with Gasteiger partial charge in [-0.15, -0.1) is 0 Å². The number of carbonyl (C=O) groups excluding carboxylic acids is 1. The van der Waals surface area contributed by atoms with Gasteiger partial charge in [0.25, 0.3) is 5.91 Å². The topological polar surface area (TPSA) is 33.2 Å². The van der Waals surface area contributed by atoms with Crippen LogP contribution in [-0.2, 0) is 6.54 Å². The Kier molecular flexibility index (Phi) is 4.78. The number of nitrogens with zero attached hydrogens (tertiary/aromatic N) is 2. The van der Waals surface area contributed by atoms with E-state index in [0.717, 1.165) is 11.4 Å². The number of aryl methyl sites for hydroxylation is 1. The second-order valence-corrected chi connectivity index (χ2v) is 5.82. The summed E-state index contributed by atoms with van der Waals surface area (Å²) in [5, 5.41) is 0.588. The minimum atomic E-state index is -0.0642. The summed E-state index contributed by atoms with van der Waals surface area (Å²) in [6, 6.07) is 10.9. The van der Waals surface area contributed by atoms with E-state index < -0.39 is 0 Å². The van der Waals surface area contributed by atoms with Crippen LogP contribution in [0.4, 0.5) is 0 Å². The van der Waals surface area contributed by atoms with Gasteiger partial charge in [-0.25, -0.2) is 0 Å². The Hall–Kier alpha value is -1.39. The van der Waals surface area contributed by atoms with Crippen molar-refractivity contribution in [1.29, 1.82) is 0 Å². The third-order valence-corrected chi connectivity index (χ3v) is 4.07. The lowest BCUT2D eigenvalue weighted by atomic mass is 10.2. The second-order valence-electron chi connectivity index (χ2n) is 4.56. The van der Waals surface area contributed by atoms with E-state index in [1.807, 2.05) is 25.1 Å². The number of carbonyl (C=O) groups is 1. The molecular formula is C15H14BrClN2O. The molecule has 0 saturated heterocycles. The Morgan fingerprint density at radius 3 is 2.75 bits per heavy atom. The molecule has 2 rings (SSSR count). The zero-order valence-corrected chi connectivity index (χ0v) is 13.6. The third-order valence-electron chi connectivity index (χ3n) is 2.86. The highest BCUT2D eigenvalue weighted by molar-refractivity contribution is 9.10. The van der Waals surface area contributed by atoms with Gasteiger partial charge in [-0.3, -0.25) is 9.78 Å². The van der Waals surface area contributed by atoms with E-state index in [-0.39, 0.29) is 5.91 Å². The van der Waals surface area contributed by atoms with Crippen LogP contribution in [0.25, 0.3) is 0 Å². The predicted octanol–water partition coefficient (Wildman–Crippen LogP) is 4.08. The van der Waals surface area contributed by atoms with Gasteiger partial charge in [-0.05, 0) is 53.2 Å². The van der Waals surface area contributed by atoms with Crippen molar-refractivity contribution in [3.05, 3.63) is 62.8 Å². The van der Waals surface area contributed by atoms with Crippen LogP contribution in [-0.4, -0.2) is 22.8 Å². The molecule has 1 heterocycles. The largest absolute Gasteiger partial charge is 0.336 e. The zero-order valence-electron chi connectivity index (χ0n) is 11.2. The summed E-state index contributed by atoms with van der Waals surface area (Å²) in [5.74, 6) is -0.0642. The van der Waals surface area contributed by atoms with E-state index in [9.17, 15) is 4.79 Å². The first kappa shape index (κ1) is 15.0. The molecule has 0 fully saturated rings. The molecule has 0 bridgehead atoms. The van der Waals surface area contributed by atoms with Crippen molar-refractivity contribution in [3.8, 4) is 0 Å². The maximum absolute atomic E-state index is 12.3. The Morgan fingerprint density at radius 1 is 1.35 bits per heavy atom. The summed E-state index contributed by atoms with van der Waals surface area (Å²) in [5.41, 5.74) is 2.41. The summed E-state index contributed by atoms with van der Waals surface area (Å²) in [6.45, 7) is 2.41. The van der Waals surface area contributed by atoms with Crippen molar-refractivity contribution in [2.45, 2.75) is 13.5 Å². The van der Waals surface area contributed by atoms with Crippen molar-refractivity contribution in [2.24, 2.45) is 0 Å². The standard InChI is InChI=1S/C15H14BrClN2O/c1-10-4-3-5-12(18-10)9-19(2)15(20)11-6-7-14(17)13(16)8-11/h3-8H,9H2,1-2H3. The molecule has 0 spiro atoms. The molecule has 1 amide bonds. The van der Waals surface area contributed by atoms with Crippen LogP contribution < -0.4 is 0 Å². The molecule has 0 atom stereocenters. The number of amides is 1. The van der Waals surface area contributed by atoms with Gasteiger partial charge in [0.1, 0.15) is 0 Å². The summed E-state index contributed by atoms with van der Waals surface area (Å²) in [4.78, 5) is 18.4. The number of hydrogen-bond donors (Lipinski definition) is 0. The molecule has 0 aliphatic rings. The van der Waals surface area contributed by atoms with Gasteiger partial charge in [0.2, 0.25) is 0 Å². The molecule has 2 aromatic rings. The lowest BCUT2D eigenvalue weighted by molar-refractivity contribution is 0.0783. The van der Waals surface area contributed by atoms with Crippen LogP contribution in [0.5, 0.6) is 0 Å². The lowest BCUT2D eigenvalue weighted by Gasteiger charge is -2.17. The molecule has 0 radical (unpaired) electrons. The van der Waals surface area contributed by atoms with Gasteiger partial charge < -0.3 is 4.90 Å². The van der Waals surface area contributed by atoms with Crippen molar-refractivity contribution in [2.75, 3.05) is 7.05 Å². The summed E-state index contributed by atoms with van der Waals surface area (Å²) in [7, 11) is 1.76. The van der Waals surface area contributed by atoms with Gasteiger partial charge in [-0.1, -0.05) is 17.7 Å². The molecule has 5 heteroatoms. The average Bonchev–Trinajstić information content (AvgIpc) is 2.41. The number of benzene rings is 1. The number of halogens is 2. The van der Waals surface area contributed by atoms with Gasteiger partial charge in [0.05, 0.1) is 17.3 Å². The van der Waals surface area contributed by atoms with Crippen LogP contribution in [0.2, 0.25) is 5.02 Å². The molecular weight excluding hydrogens is 340 g/mol. The van der Waals surface area contributed by atoms with Crippen LogP contribution in [0.3, 0.4) is 0 Å². The molecule has 20 heavy (non-hydrogen) atoms. The van der Waals surface area contributed by atoms with Crippen molar-refractivity contribution < 1.29 is 4.79 Å². The second kappa shape index (κ2) is 6.37. The van der Waals surface area contributed by atoms with E-state index in [1.165, 1.54) is 0 Å². The molecule has 3 nitrogen and oxygen atoms in total. The van der Waals surface area contributed by atoms with E-state index in [0.29, 0.717) is 21.6 Å². The minimum absolute atomic E-state index is 0.0642. The molecule has 0 aliphatic carbocycles. The fourth-order valence-electron chi connectivity index (χ4n) is 1.85. The number of pyridine rings is 1. The molecule has 1 aromatic carbocycles. The Labute approximate surface area is 131 Å². The van der Waals surface area contributed by atoms with E-state index >= 15 is 0 Å². The fourth-order valence-corrected chi connectivity index (χ4v) is 2.35. The van der Waals surface area contributed by atoms with Crippen molar-refractivity contribution >= 4 is 33.4 Å². The first-order valence-corrected chi connectivity index (χ1v) is 7.27. The third kappa shape index (κ3) is 3.58. The van der Waals surface area contributed by atoms with Crippen molar-refractivity contribution in [3.63, 3.8) is 0 Å². The Balaban J connectivity index is 2.14. The number of rotatable bonds is 3. The normalized spacial score (nSPS) is 10.4. The quantitative estimate of drug-likeness (QED) is 0.833. The van der Waals surface area contributed by atoms with E-state index in [1.54, 1.807) is 30.1 Å². The average molecular weight is 354 g/mol. The van der Waals surface area contributed by atoms with Crippen LogP contribution in [0, 0.1) is 6.92 Å². The summed E-state index contributed by atoms with van der Waals surface area (Å²) >= 11 is 9.26. The number of aromatic nitrogens is 1. The molecule has 0 aliphatic heterocycles. The first-order valence-electron chi connectivity index (χ1n) is 6.10. The fraction of sp³-hybridized carbons (Fsp3) is 0.200. The summed E-state index contributed by atoms with van der Waals surface area (Å²) < 4.78 is 0.715. The molecule has 0 unspecified atom stereocenters. The van der Waals surface area contributed by atoms with Crippen LogP contribution in [0.1, 0.15) is 21.7 Å². The highest BCUT2D eigenvalue weighted by Gasteiger charge is 2.13. The highest BCUT2D eigenvalue weighted by Crippen LogP contribution is 2.23. The lowest BCUT2D eigenvalue weighted by Crippen LogP contribution is -2.26. The highest BCUT2D eigenvalue weighted by atomic mass is 79.9. The number of hydrogen-bond acceptors (Lipinski definition) is 2. The van der Waals surface area contributed by atoms with E-state index in [2.05, 4.69) is 20.9 Å². The Bertz CT molecular complexity index is 646. The van der Waals surface area contributed by atoms with Gasteiger partial charge in [0, 0.05) is 22.8 Å². The SMILES string of the molecule is Cc1cccc(CN(C)C(=O)c2ccc(Cl)c(Br)c2)n1. The van der Waals surface area contributed by atoms with Crippen molar-refractivity contribution in [1.82, 2.24) is 9.88 Å². The molecule has 0 N–H and O–H groups in total. The van der Waals surface area contributed by atoms with Crippen LogP contribution in [0.15, 0.2) is 40.9 Å². The summed E-state index contributed by atoms with van der Waals surface area (Å²) in [6.07, 6.45) is 0. The zero-order chi connectivity index (χ0) is 14.7. The van der Waals surface area contributed by atoms with E-state index in [4.69, 9.17) is 11.6 Å². The van der Waals surface area contributed by atoms with Crippen LogP contribution >= 0.6 is 27.5 Å².